The largest absolute Gasteiger partial charge is 0.295 e. The van der Waals surface area contributed by atoms with E-state index in [0.717, 1.165) is 38.8 Å². The summed E-state index contributed by atoms with van der Waals surface area (Å²) in [5, 5.41) is 4.82. The van der Waals surface area contributed by atoms with Crippen molar-refractivity contribution in [3.8, 4) is 0 Å². The van der Waals surface area contributed by atoms with Crippen molar-refractivity contribution >= 4 is 0 Å². The molecular formula is C44H82N4O2. The standard InChI is InChI=1S/C44H82N4O2/c1-13-35(3)45(37-31-41(5,6)47(42(7,8)32-37)49-39-25-19-17-20-26-39)29-23-15-16-24-30-46(36(4)14-2)38-33-43(9,10)48(44(11,12)34-38)50-40-27-21-18-22-28-40/h13-14,35-40H,1-2,15-34H2,3-12H3. The molecular weight excluding hydrogens is 617 g/mol. The highest BCUT2D eigenvalue weighted by molar-refractivity contribution is 5.04. The molecule has 0 aromatic rings. The summed E-state index contributed by atoms with van der Waals surface area (Å²) in [6, 6.07) is 1.81. The van der Waals surface area contributed by atoms with Gasteiger partial charge in [0.2, 0.25) is 0 Å². The molecule has 2 saturated heterocycles. The maximum atomic E-state index is 6.83. The average Bonchev–Trinajstić information content (AvgIpc) is 3.05. The quantitative estimate of drug-likeness (QED) is 0.111. The number of hydroxylamine groups is 4. The van der Waals surface area contributed by atoms with Crippen LogP contribution in [0.3, 0.4) is 0 Å². The fraction of sp³-hybridized carbons (Fsp3) is 0.909. The van der Waals surface area contributed by atoms with Crippen molar-refractivity contribution in [3.63, 3.8) is 0 Å². The van der Waals surface area contributed by atoms with E-state index in [4.69, 9.17) is 9.68 Å². The highest BCUT2D eigenvalue weighted by Crippen LogP contribution is 2.44. The van der Waals surface area contributed by atoms with E-state index >= 15 is 0 Å². The smallest absolute Gasteiger partial charge is 0.0793 e. The molecule has 0 radical (unpaired) electrons. The third-order valence-corrected chi connectivity index (χ3v) is 13.0. The Hall–Kier alpha value is -0.760. The Morgan fingerprint density at radius 2 is 0.840 bits per heavy atom. The number of hydrogen-bond acceptors (Lipinski definition) is 6. The van der Waals surface area contributed by atoms with Crippen LogP contribution in [-0.4, -0.2) is 91.5 Å². The molecule has 2 unspecified atom stereocenters. The van der Waals surface area contributed by atoms with Crippen molar-refractivity contribution in [3.05, 3.63) is 25.3 Å². The molecule has 0 amide bonds. The Kier molecular flexibility index (Phi) is 15.2. The normalized spacial score (nSPS) is 27.0. The van der Waals surface area contributed by atoms with Gasteiger partial charge in [-0.05, 0) is 147 Å². The zero-order chi connectivity index (χ0) is 36.7. The molecule has 2 aliphatic carbocycles. The number of unbranched alkanes of at least 4 members (excludes halogenated alkanes) is 3. The Morgan fingerprint density at radius 3 is 1.12 bits per heavy atom. The molecule has 6 nitrogen and oxygen atoms in total. The molecule has 50 heavy (non-hydrogen) atoms. The van der Waals surface area contributed by atoms with Gasteiger partial charge in [-0.2, -0.15) is 10.1 Å². The van der Waals surface area contributed by atoms with Crippen molar-refractivity contribution in [1.82, 2.24) is 19.9 Å². The van der Waals surface area contributed by atoms with E-state index in [2.05, 4.69) is 114 Å². The van der Waals surface area contributed by atoms with Gasteiger partial charge in [-0.25, -0.2) is 0 Å². The SMILES string of the molecule is C=CC(C)N(CCCCCCN(C(C)C=C)C1CC(C)(C)N(OC2CCCCC2)C(C)(C)C1)C1CC(C)(C)N(OC2CCCCC2)C(C)(C)C1. The summed E-state index contributed by atoms with van der Waals surface area (Å²) < 4.78 is 0. The van der Waals surface area contributed by atoms with Crippen molar-refractivity contribution in [2.75, 3.05) is 13.1 Å². The Labute approximate surface area is 310 Å². The second kappa shape index (κ2) is 18.0. The van der Waals surface area contributed by atoms with Crippen LogP contribution in [0.25, 0.3) is 0 Å². The summed E-state index contributed by atoms with van der Waals surface area (Å²) in [5.74, 6) is 0. The first-order valence-electron chi connectivity index (χ1n) is 21.2. The van der Waals surface area contributed by atoms with Crippen LogP contribution in [-0.2, 0) is 9.68 Å². The van der Waals surface area contributed by atoms with Gasteiger partial charge in [-0.3, -0.25) is 19.5 Å². The van der Waals surface area contributed by atoms with Gasteiger partial charge in [0.05, 0.1) is 12.2 Å². The second-order valence-corrected chi connectivity index (χ2v) is 19.5. The van der Waals surface area contributed by atoms with E-state index in [1.54, 1.807) is 0 Å². The fourth-order valence-electron chi connectivity index (χ4n) is 10.8. The monoisotopic (exact) mass is 699 g/mol. The Bertz CT molecular complexity index is 925. The molecule has 0 bridgehead atoms. The van der Waals surface area contributed by atoms with E-state index in [1.807, 2.05) is 0 Å². The highest BCUT2D eigenvalue weighted by atomic mass is 16.7. The number of piperidine rings is 2. The highest BCUT2D eigenvalue weighted by Gasteiger charge is 2.50. The lowest BCUT2D eigenvalue weighted by Gasteiger charge is -2.57. The molecule has 0 aromatic heterocycles. The third kappa shape index (κ3) is 10.9. The van der Waals surface area contributed by atoms with Crippen LogP contribution in [0, 0.1) is 0 Å². The van der Waals surface area contributed by atoms with Gasteiger partial charge >= 0.3 is 0 Å². The molecule has 4 aliphatic rings. The molecule has 4 fully saturated rings. The van der Waals surface area contributed by atoms with Crippen molar-refractivity contribution in [1.29, 1.82) is 0 Å². The predicted octanol–water partition coefficient (Wildman–Crippen LogP) is 10.9. The van der Waals surface area contributed by atoms with E-state index in [0.29, 0.717) is 36.4 Å². The maximum absolute atomic E-state index is 6.83. The molecule has 6 heteroatoms. The van der Waals surface area contributed by atoms with E-state index in [1.165, 1.54) is 89.9 Å². The van der Waals surface area contributed by atoms with Crippen LogP contribution in [0.2, 0.25) is 0 Å². The van der Waals surface area contributed by atoms with E-state index in [-0.39, 0.29) is 22.2 Å². The molecule has 4 rings (SSSR count). The number of nitrogens with zero attached hydrogens (tertiary/aromatic N) is 4. The van der Waals surface area contributed by atoms with Gasteiger partial charge < -0.3 is 0 Å². The average molecular weight is 699 g/mol. The second-order valence-electron chi connectivity index (χ2n) is 19.5. The van der Waals surface area contributed by atoms with Crippen LogP contribution in [0.1, 0.15) is 185 Å². The molecule has 290 valence electrons. The summed E-state index contributed by atoms with van der Waals surface area (Å²) in [7, 11) is 0. The molecule has 2 atom stereocenters. The minimum atomic E-state index is -0.00438. The van der Waals surface area contributed by atoms with Gasteiger partial charge in [0, 0.05) is 46.3 Å². The third-order valence-electron chi connectivity index (χ3n) is 13.0. The minimum Gasteiger partial charge on any atom is -0.295 e. The van der Waals surface area contributed by atoms with E-state index in [9.17, 15) is 0 Å². The van der Waals surface area contributed by atoms with Gasteiger partial charge in [0.25, 0.3) is 0 Å². The molecule has 2 heterocycles. The predicted molar refractivity (Wildman–Crippen MR) is 213 cm³/mol. The topological polar surface area (TPSA) is 31.4 Å². The molecule has 0 N–H and O–H groups in total. The van der Waals surface area contributed by atoms with E-state index < -0.39 is 0 Å². The van der Waals surface area contributed by atoms with Crippen LogP contribution in [0.4, 0.5) is 0 Å². The van der Waals surface area contributed by atoms with Crippen LogP contribution >= 0.6 is 0 Å². The first-order valence-corrected chi connectivity index (χ1v) is 21.2. The first kappa shape index (κ1) is 42.0. The van der Waals surface area contributed by atoms with Crippen molar-refractivity contribution < 1.29 is 9.68 Å². The number of hydrogen-bond donors (Lipinski definition) is 0. The van der Waals surface area contributed by atoms with Crippen LogP contribution in [0.15, 0.2) is 25.3 Å². The lowest BCUT2D eigenvalue weighted by molar-refractivity contribution is -0.314. The Balaban J connectivity index is 1.30. The van der Waals surface area contributed by atoms with Crippen molar-refractivity contribution in [2.24, 2.45) is 0 Å². The zero-order valence-corrected chi connectivity index (χ0v) is 34.8. The molecule has 2 aliphatic heterocycles. The summed E-state index contributed by atoms with van der Waals surface area (Å²) in [4.78, 5) is 19.2. The zero-order valence-electron chi connectivity index (χ0n) is 34.8. The van der Waals surface area contributed by atoms with Crippen molar-refractivity contribution in [2.45, 2.75) is 243 Å². The summed E-state index contributed by atoms with van der Waals surface area (Å²) in [5.41, 5.74) is -0.0175. The lowest BCUT2D eigenvalue weighted by atomic mass is 9.77. The molecule has 2 saturated carbocycles. The first-order chi connectivity index (χ1) is 23.5. The Morgan fingerprint density at radius 1 is 0.540 bits per heavy atom. The van der Waals surface area contributed by atoms with Gasteiger partial charge in [-0.15, -0.1) is 13.2 Å². The minimum absolute atomic E-state index is 0.00438. The summed E-state index contributed by atoms with van der Waals surface area (Å²) in [6.07, 6.45) is 27.5. The molecule has 0 spiro atoms. The maximum Gasteiger partial charge on any atom is 0.0793 e. The molecule has 0 aromatic carbocycles. The van der Waals surface area contributed by atoms with Gasteiger partial charge in [0.15, 0.2) is 0 Å². The lowest BCUT2D eigenvalue weighted by Crippen LogP contribution is -2.65. The summed E-state index contributed by atoms with van der Waals surface area (Å²) >= 11 is 0. The van der Waals surface area contributed by atoms with Crippen LogP contribution < -0.4 is 0 Å². The van der Waals surface area contributed by atoms with Gasteiger partial charge in [0.1, 0.15) is 0 Å². The van der Waals surface area contributed by atoms with Gasteiger partial charge in [-0.1, -0.05) is 63.5 Å². The number of rotatable bonds is 17. The summed E-state index contributed by atoms with van der Waals surface area (Å²) in [6.45, 7) is 34.7. The van der Waals surface area contributed by atoms with Crippen LogP contribution in [0.5, 0.6) is 0 Å². The fourth-order valence-corrected chi connectivity index (χ4v) is 10.8.